The molecule has 1 aliphatic carbocycles. The van der Waals surface area contributed by atoms with E-state index in [1.807, 2.05) is 11.0 Å². The Labute approximate surface area is 115 Å². The fourth-order valence-electron chi connectivity index (χ4n) is 3.42. The Kier molecular flexibility index (Phi) is 3.58. The molecule has 1 heterocycles. The molecule has 102 valence electrons. The molecule has 0 N–H and O–H groups in total. The van der Waals surface area contributed by atoms with Crippen LogP contribution < -0.4 is 0 Å². The number of benzene rings is 1. The van der Waals surface area contributed by atoms with E-state index in [1.54, 1.807) is 0 Å². The van der Waals surface area contributed by atoms with Gasteiger partial charge < -0.3 is 4.90 Å². The minimum atomic E-state index is 0.236. The molecule has 0 spiro atoms. The SMILES string of the molecule is C[C@H]1CCCN(C(=O)c2ccc3c(c2)CCCC3)C1. The van der Waals surface area contributed by atoms with E-state index in [0.717, 1.165) is 31.5 Å². The van der Waals surface area contributed by atoms with Crippen molar-refractivity contribution in [3.63, 3.8) is 0 Å². The van der Waals surface area contributed by atoms with E-state index in [2.05, 4.69) is 19.1 Å². The smallest absolute Gasteiger partial charge is 0.253 e. The summed E-state index contributed by atoms with van der Waals surface area (Å²) < 4.78 is 0. The first kappa shape index (κ1) is 12.7. The van der Waals surface area contributed by atoms with Crippen molar-refractivity contribution < 1.29 is 4.79 Å². The third kappa shape index (κ3) is 2.68. The van der Waals surface area contributed by atoms with E-state index in [-0.39, 0.29) is 5.91 Å². The lowest BCUT2D eigenvalue weighted by Crippen LogP contribution is -2.39. The van der Waals surface area contributed by atoms with Crippen molar-refractivity contribution >= 4 is 5.91 Å². The highest BCUT2D eigenvalue weighted by molar-refractivity contribution is 5.94. The predicted octanol–water partition coefficient (Wildman–Crippen LogP) is 3.44. The second-order valence-corrected chi connectivity index (χ2v) is 6.19. The van der Waals surface area contributed by atoms with E-state index >= 15 is 0 Å². The Morgan fingerprint density at radius 1 is 1.16 bits per heavy atom. The van der Waals surface area contributed by atoms with Crippen LogP contribution in [-0.4, -0.2) is 23.9 Å². The molecular formula is C17H23NO. The Hall–Kier alpha value is -1.31. The molecule has 1 atom stereocenters. The average molecular weight is 257 g/mol. The molecule has 2 aliphatic rings. The lowest BCUT2D eigenvalue weighted by Gasteiger charge is -2.31. The molecule has 2 nitrogen and oxygen atoms in total. The van der Waals surface area contributed by atoms with Gasteiger partial charge in [-0.25, -0.2) is 0 Å². The van der Waals surface area contributed by atoms with Crippen molar-refractivity contribution in [2.45, 2.75) is 45.4 Å². The summed E-state index contributed by atoms with van der Waals surface area (Å²) in [4.78, 5) is 14.6. The fourth-order valence-corrected chi connectivity index (χ4v) is 3.42. The van der Waals surface area contributed by atoms with Crippen LogP contribution >= 0.6 is 0 Å². The third-order valence-corrected chi connectivity index (χ3v) is 4.54. The summed E-state index contributed by atoms with van der Waals surface area (Å²) in [5.41, 5.74) is 3.76. The van der Waals surface area contributed by atoms with Crippen LogP contribution in [0.15, 0.2) is 18.2 Å². The quantitative estimate of drug-likeness (QED) is 0.754. The molecule has 1 amide bonds. The number of piperidine rings is 1. The van der Waals surface area contributed by atoms with Crippen molar-refractivity contribution in [1.82, 2.24) is 4.90 Å². The number of carbonyl (C=O) groups is 1. The zero-order valence-electron chi connectivity index (χ0n) is 11.8. The monoisotopic (exact) mass is 257 g/mol. The number of hydrogen-bond acceptors (Lipinski definition) is 1. The van der Waals surface area contributed by atoms with Gasteiger partial charge in [0.1, 0.15) is 0 Å². The number of carbonyl (C=O) groups excluding carboxylic acids is 1. The van der Waals surface area contributed by atoms with Crippen LogP contribution in [0.2, 0.25) is 0 Å². The fraction of sp³-hybridized carbons (Fsp3) is 0.588. The highest BCUT2D eigenvalue weighted by atomic mass is 16.2. The molecule has 1 fully saturated rings. The number of aryl methyl sites for hydroxylation is 2. The van der Waals surface area contributed by atoms with E-state index in [1.165, 1.54) is 36.8 Å². The van der Waals surface area contributed by atoms with Crippen LogP contribution in [0, 0.1) is 5.92 Å². The summed E-state index contributed by atoms with van der Waals surface area (Å²) in [6.45, 7) is 4.10. The van der Waals surface area contributed by atoms with Gasteiger partial charge in [0.25, 0.3) is 5.91 Å². The Bertz CT molecular complexity index is 480. The Morgan fingerprint density at radius 3 is 2.74 bits per heavy atom. The van der Waals surface area contributed by atoms with Gasteiger partial charge in [-0.05, 0) is 67.7 Å². The van der Waals surface area contributed by atoms with E-state index in [9.17, 15) is 4.79 Å². The lowest BCUT2D eigenvalue weighted by molar-refractivity contribution is 0.0683. The molecule has 0 radical (unpaired) electrons. The minimum absolute atomic E-state index is 0.236. The summed E-state index contributed by atoms with van der Waals surface area (Å²) in [5.74, 6) is 0.884. The zero-order chi connectivity index (χ0) is 13.2. The maximum Gasteiger partial charge on any atom is 0.253 e. The molecule has 0 saturated carbocycles. The van der Waals surface area contributed by atoms with Gasteiger partial charge in [-0.15, -0.1) is 0 Å². The molecule has 3 rings (SSSR count). The first-order valence-corrected chi connectivity index (χ1v) is 7.65. The summed E-state index contributed by atoms with van der Waals surface area (Å²) >= 11 is 0. The molecule has 2 heteroatoms. The maximum atomic E-state index is 12.6. The predicted molar refractivity (Wildman–Crippen MR) is 77.4 cm³/mol. The third-order valence-electron chi connectivity index (χ3n) is 4.54. The number of likely N-dealkylation sites (tertiary alicyclic amines) is 1. The first-order valence-electron chi connectivity index (χ1n) is 7.65. The molecule has 1 aliphatic heterocycles. The molecule has 19 heavy (non-hydrogen) atoms. The molecule has 1 aromatic rings. The number of rotatable bonds is 1. The standard InChI is InChI=1S/C17H23NO/c1-13-5-4-10-18(12-13)17(19)16-9-8-14-6-2-3-7-15(14)11-16/h8-9,11,13H,2-7,10,12H2,1H3/t13-/m0/s1. The van der Waals surface area contributed by atoms with Gasteiger partial charge in [-0.2, -0.15) is 0 Å². The van der Waals surface area contributed by atoms with Gasteiger partial charge in [-0.1, -0.05) is 13.0 Å². The van der Waals surface area contributed by atoms with Crippen molar-refractivity contribution in [3.05, 3.63) is 34.9 Å². The van der Waals surface area contributed by atoms with Crippen molar-refractivity contribution in [1.29, 1.82) is 0 Å². The van der Waals surface area contributed by atoms with Crippen LogP contribution in [0.3, 0.4) is 0 Å². The zero-order valence-corrected chi connectivity index (χ0v) is 11.8. The minimum Gasteiger partial charge on any atom is -0.338 e. The average Bonchev–Trinajstić information content (AvgIpc) is 2.46. The van der Waals surface area contributed by atoms with Gasteiger partial charge in [0.15, 0.2) is 0 Å². The van der Waals surface area contributed by atoms with Crippen LogP contribution in [0.1, 0.15) is 54.1 Å². The van der Waals surface area contributed by atoms with Crippen molar-refractivity contribution in [3.8, 4) is 0 Å². The number of amides is 1. The van der Waals surface area contributed by atoms with E-state index < -0.39 is 0 Å². The molecular weight excluding hydrogens is 234 g/mol. The van der Waals surface area contributed by atoms with Gasteiger partial charge >= 0.3 is 0 Å². The van der Waals surface area contributed by atoms with Crippen molar-refractivity contribution in [2.75, 3.05) is 13.1 Å². The molecule has 0 bridgehead atoms. The highest BCUT2D eigenvalue weighted by Gasteiger charge is 2.22. The van der Waals surface area contributed by atoms with Gasteiger partial charge in [0.2, 0.25) is 0 Å². The normalized spacial score (nSPS) is 23.0. The topological polar surface area (TPSA) is 20.3 Å². The molecule has 1 saturated heterocycles. The Balaban J connectivity index is 1.79. The maximum absolute atomic E-state index is 12.6. The van der Waals surface area contributed by atoms with Gasteiger partial charge in [0, 0.05) is 18.7 Å². The second kappa shape index (κ2) is 5.36. The van der Waals surface area contributed by atoms with Crippen LogP contribution in [0.5, 0.6) is 0 Å². The van der Waals surface area contributed by atoms with Crippen LogP contribution in [-0.2, 0) is 12.8 Å². The van der Waals surface area contributed by atoms with Crippen LogP contribution in [0.4, 0.5) is 0 Å². The molecule has 0 unspecified atom stereocenters. The highest BCUT2D eigenvalue weighted by Crippen LogP contribution is 2.24. The van der Waals surface area contributed by atoms with Crippen molar-refractivity contribution in [2.24, 2.45) is 5.92 Å². The summed E-state index contributed by atoms with van der Waals surface area (Å²) in [6, 6.07) is 6.36. The Morgan fingerprint density at radius 2 is 1.95 bits per heavy atom. The van der Waals surface area contributed by atoms with Gasteiger partial charge in [0.05, 0.1) is 0 Å². The largest absolute Gasteiger partial charge is 0.338 e. The number of hydrogen-bond donors (Lipinski definition) is 0. The van der Waals surface area contributed by atoms with Crippen LogP contribution in [0.25, 0.3) is 0 Å². The summed E-state index contributed by atoms with van der Waals surface area (Å²) in [5, 5.41) is 0. The first-order chi connectivity index (χ1) is 9.24. The van der Waals surface area contributed by atoms with E-state index in [0.29, 0.717) is 5.92 Å². The van der Waals surface area contributed by atoms with E-state index in [4.69, 9.17) is 0 Å². The number of nitrogens with zero attached hydrogens (tertiary/aromatic N) is 1. The lowest BCUT2D eigenvalue weighted by atomic mass is 9.90. The van der Waals surface area contributed by atoms with Gasteiger partial charge in [-0.3, -0.25) is 4.79 Å². The number of fused-ring (bicyclic) bond motifs is 1. The summed E-state index contributed by atoms with van der Waals surface area (Å²) in [6.07, 6.45) is 7.30. The molecule has 1 aromatic carbocycles. The second-order valence-electron chi connectivity index (χ2n) is 6.19. The molecule has 0 aromatic heterocycles. The summed E-state index contributed by atoms with van der Waals surface area (Å²) in [7, 11) is 0.